The second kappa shape index (κ2) is 7.93. The summed E-state index contributed by atoms with van der Waals surface area (Å²) < 4.78 is 26.7. The van der Waals surface area contributed by atoms with Crippen LogP contribution in [0.15, 0.2) is 35.2 Å². The van der Waals surface area contributed by atoms with Crippen LogP contribution in [0.25, 0.3) is 0 Å². The quantitative estimate of drug-likeness (QED) is 0.865. The van der Waals surface area contributed by atoms with Gasteiger partial charge in [-0.25, -0.2) is 8.42 Å². The molecule has 1 aliphatic heterocycles. The number of hydrogen-bond acceptors (Lipinski definition) is 3. The summed E-state index contributed by atoms with van der Waals surface area (Å²) in [6, 6.07) is 8.42. The number of carbonyl (C=O) groups excluding carboxylic acids is 1. The van der Waals surface area contributed by atoms with Crippen LogP contribution in [0.5, 0.6) is 0 Å². The van der Waals surface area contributed by atoms with Gasteiger partial charge in [-0.1, -0.05) is 32.0 Å². The smallest absolute Gasteiger partial charge is 0.243 e. The van der Waals surface area contributed by atoms with Gasteiger partial charge in [0.25, 0.3) is 0 Å². The molecule has 1 N–H and O–H groups in total. The van der Waals surface area contributed by atoms with E-state index in [0.29, 0.717) is 30.3 Å². The number of benzene rings is 1. The van der Waals surface area contributed by atoms with Crippen molar-refractivity contribution >= 4 is 15.9 Å². The molecule has 0 unspecified atom stereocenters. The van der Waals surface area contributed by atoms with Crippen molar-refractivity contribution in [3.63, 3.8) is 0 Å². The van der Waals surface area contributed by atoms with Crippen LogP contribution in [-0.2, 0) is 14.8 Å². The van der Waals surface area contributed by atoms with Crippen LogP contribution in [0.1, 0.15) is 33.1 Å². The number of rotatable bonds is 6. The molecule has 1 aliphatic rings. The van der Waals surface area contributed by atoms with Gasteiger partial charge in [-0.15, -0.1) is 0 Å². The van der Waals surface area contributed by atoms with Crippen molar-refractivity contribution in [2.75, 3.05) is 19.6 Å². The van der Waals surface area contributed by atoms with Gasteiger partial charge in [-0.05, 0) is 37.3 Å². The standard InChI is InChI=1S/C17H26N2O3S/c1-14(2)10-11-18-17(20)15-7-6-12-19(13-15)23(21,22)16-8-4-3-5-9-16/h3-5,8-9,14-15H,6-7,10-13H2,1-2H3,(H,18,20)/t15-/m1/s1. The Labute approximate surface area is 139 Å². The van der Waals surface area contributed by atoms with Gasteiger partial charge in [0.15, 0.2) is 0 Å². The molecular formula is C17H26N2O3S. The van der Waals surface area contributed by atoms with Gasteiger partial charge in [-0.2, -0.15) is 4.31 Å². The average Bonchev–Trinajstić information content (AvgIpc) is 2.55. The van der Waals surface area contributed by atoms with Crippen molar-refractivity contribution in [3.8, 4) is 0 Å². The molecule has 1 fully saturated rings. The molecule has 2 rings (SSSR count). The number of carbonyl (C=O) groups is 1. The van der Waals surface area contributed by atoms with E-state index in [-0.39, 0.29) is 18.4 Å². The summed E-state index contributed by atoms with van der Waals surface area (Å²) in [5.74, 6) is 0.254. The van der Waals surface area contributed by atoms with Crippen LogP contribution in [-0.4, -0.2) is 38.3 Å². The highest BCUT2D eigenvalue weighted by Gasteiger charge is 2.33. The van der Waals surface area contributed by atoms with Gasteiger partial charge < -0.3 is 5.32 Å². The highest BCUT2D eigenvalue weighted by Crippen LogP contribution is 2.23. The van der Waals surface area contributed by atoms with Crippen LogP contribution in [0, 0.1) is 11.8 Å². The minimum atomic E-state index is -3.51. The van der Waals surface area contributed by atoms with E-state index in [1.165, 1.54) is 4.31 Å². The lowest BCUT2D eigenvalue weighted by Crippen LogP contribution is -2.45. The molecule has 0 spiro atoms. The maximum absolute atomic E-state index is 12.7. The monoisotopic (exact) mass is 338 g/mol. The van der Waals surface area contributed by atoms with Crippen molar-refractivity contribution in [2.45, 2.75) is 38.0 Å². The molecule has 0 aromatic heterocycles. The largest absolute Gasteiger partial charge is 0.356 e. The number of nitrogens with zero attached hydrogens (tertiary/aromatic N) is 1. The highest BCUT2D eigenvalue weighted by atomic mass is 32.2. The highest BCUT2D eigenvalue weighted by molar-refractivity contribution is 7.89. The lowest BCUT2D eigenvalue weighted by atomic mass is 9.98. The van der Waals surface area contributed by atoms with Crippen molar-refractivity contribution < 1.29 is 13.2 Å². The van der Waals surface area contributed by atoms with Crippen LogP contribution < -0.4 is 5.32 Å². The molecule has 23 heavy (non-hydrogen) atoms. The number of piperidine rings is 1. The number of nitrogens with one attached hydrogen (secondary N) is 1. The van der Waals surface area contributed by atoms with Crippen molar-refractivity contribution in [1.29, 1.82) is 0 Å². The molecule has 1 amide bonds. The first-order valence-corrected chi connectivity index (χ1v) is 9.68. The third kappa shape index (κ3) is 4.78. The van der Waals surface area contributed by atoms with E-state index in [1.807, 2.05) is 0 Å². The zero-order chi connectivity index (χ0) is 16.9. The van der Waals surface area contributed by atoms with E-state index in [0.717, 1.165) is 12.8 Å². The zero-order valence-corrected chi connectivity index (χ0v) is 14.7. The van der Waals surface area contributed by atoms with E-state index >= 15 is 0 Å². The predicted molar refractivity (Wildman–Crippen MR) is 90.4 cm³/mol. The summed E-state index contributed by atoms with van der Waals surface area (Å²) in [4.78, 5) is 12.5. The van der Waals surface area contributed by atoms with Gasteiger partial charge in [0.2, 0.25) is 15.9 Å². The first-order valence-electron chi connectivity index (χ1n) is 8.24. The fourth-order valence-corrected chi connectivity index (χ4v) is 4.29. The Balaban J connectivity index is 1.99. The van der Waals surface area contributed by atoms with Crippen LogP contribution in [0.2, 0.25) is 0 Å². The second-order valence-electron chi connectivity index (χ2n) is 6.49. The fourth-order valence-electron chi connectivity index (χ4n) is 2.74. The third-order valence-electron chi connectivity index (χ3n) is 4.16. The topological polar surface area (TPSA) is 66.5 Å². The maximum Gasteiger partial charge on any atom is 0.243 e. The molecule has 1 saturated heterocycles. The Morgan fingerprint density at radius 2 is 2.00 bits per heavy atom. The Morgan fingerprint density at radius 1 is 1.30 bits per heavy atom. The van der Waals surface area contributed by atoms with Crippen molar-refractivity contribution in [3.05, 3.63) is 30.3 Å². The summed E-state index contributed by atoms with van der Waals surface area (Å²) in [6.45, 7) is 5.62. The first kappa shape index (κ1) is 17.9. The fraction of sp³-hybridized carbons (Fsp3) is 0.588. The molecule has 0 aliphatic carbocycles. The molecule has 6 heteroatoms. The van der Waals surface area contributed by atoms with Crippen molar-refractivity contribution in [2.24, 2.45) is 11.8 Å². The van der Waals surface area contributed by atoms with E-state index in [4.69, 9.17) is 0 Å². The summed E-state index contributed by atoms with van der Waals surface area (Å²) in [5, 5.41) is 2.94. The Morgan fingerprint density at radius 3 is 2.65 bits per heavy atom. The van der Waals surface area contributed by atoms with Crippen LogP contribution in [0.4, 0.5) is 0 Å². The molecule has 0 saturated carbocycles. The summed E-state index contributed by atoms with van der Waals surface area (Å²) in [5.41, 5.74) is 0. The van der Waals surface area contributed by atoms with Crippen LogP contribution in [0.3, 0.4) is 0 Å². The van der Waals surface area contributed by atoms with Gasteiger partial charge in [-0.3, -0.25) is 4.79 Å². The van der Waals surface area contributed by atoms with Crippen LogP contribution >= 0.6 is 0 Å². The summed E-state index contributed by atoms with van der Waals surface area (Å²) in [6.07, 6.45) is 2.40. The molecule has 0 bridgehead atoms. The minimum Gasteiger partial charge on any atom is -0.356 e. The number of amides is 1. The third-order valence-corrected chi connectivity index (χ3v) is 6.04. The average molecular weight is 338 g/mol. The Bertz CT molecular complexity index is 614. The molecule has 5 nitrogen and oxygen atoms in total. The summed E-state index contributed by atoms with van der Waals surface area (Å²) in [7, 11) is -3.51. The molecule has 128 valence electrons. The second-order valence-corrected chi connectivity index (χ2v) is 8.43. The first-order chi connectivity index (χ1) is 10.9. The maximum atomic E-state index is 12.7. The lowest BCUT2D eigenvalue weighted by molar-refractivity contribution is -0.126. The SMILES string of the molecule is CC(C)CCNC(=O)[C@@H]1CCCN(S(=O)(=O)c2ccccc2)C1. The van der Waals surface area contributed by atoms with Gasteiger partial charge in [0, 0.05) is 19.6 Å². The predicted octanol–water partition coefficient (Wildman–Crippen LogP) is 2.25. The van der Waals surface area contributed by atoms with E-state index < -0.39 is 10.0 Å². The Kier molecular flexibility index (Phi) is 6.18. The normalized spacial score (nSPS) is 19.7. The molecule has 0 radical (unpaired) electrons. The molecule has 1 atom stereocenters. The van der Waals surface area contributed by atoms with Gasteiger partial charge in [0.05, 0.1) is 10.8 Å². The molecule has 1 aromatic rings. The molecule has 1 heterocycles. The van der Waals surface area contributed by atoms with E-state index in [1.54, 1.807) is 30.3 Å². The number of hydrogen-bond donors (Lipinski definition) is 1. The van der Waals surface area contributed by atoms with E-state index in [9.17, 15) is 13.2 Å². The van der Waals surface area contributed by atoms with Crippen molar-refractivity contribution in [1.82, 2.24) is 9.62 Å². The minimum absolute atomic E-state index is 0.0291. The molecule has 1 aromatic carbocycles. The van der Waals surface area contributed by atoms with Gasteiger partial charge in [0.1, 0.15) is 0 Å². The zero-order valence-electron chi connectivity index (χ0n) is 13.9. The number of sulfonamides is 1. The Hall–Kier alpha value is -1.40. The lowest BCUT2D eigenvalue weighted by Gasteiger charge is -2.31. The molecular weight excluding hydrogens is 312 g/mol. The summed E-state index contributed by atoms with van der Waals surface area (Å²) >= 11 is 0. The van der Waals surface area contributed by atoms with Gasteiger partial charge >= 0.3 is 0 Å². The van der Waals surface area contributed by atoms with E-state index in [2.05, 4.69) is 19.2 Å².